The summed E-state index contributed by atoms with van der Waals surface area (Å²) in [6.45, 7) is 0.612. The summed E-state index contributed by atoms with van der Waals surface area (Å²) in [5.74, 6) is 0.238. The van der Waals surface area contributed by atoms with Crippen LogP contribution in [0.1, 0.15) is 11.1 Å². The van der Waals surface area contributed by atoms with Crippen LogP contribution in [0.2, 0.25) is 0 Å². The third-order valence-corrected chi connectivity index (χ3v) is 2.90. The lowest BCUT2D eigenvalue weighted by molar-refractivity contribution is -0.0503. The van der Waals surface area contributed by atoms with Gasteiger partial charge in [0, 0.05) is 26.3 Å². The van der Waals surface area contributed by atoms with Crippen LogP contribution >= 0.6 is 0 Å². The summed E-state index contributed by atoms with van der Waals surface area (Å²) in [4.78, 5) is 0. The highest BCUT2D eigenvalue weighted by atomic mass is 19.3. The van der Waals surface area contributed by atoms with Gasteiger partial charge in [0.25, 0.3) is 0 Å². The molecule has 0 aliphatic carbocycles. The van der Waals surface area contributed by atoms with Gasteiger partial charge in [0.15, 0.2) is 0 Å². The molecule has 0 atom stereocenters. The Morgan fingerprint density at radius 1 is 1.39 bits per heavy atom. The molecule has 0 saturated carbocycles. The van der Waals surface area contributed by atoms with Crippen LogP contribution in [0.4, 0.5) is 8.78 Å². The van der Waals surface area contributed by atoms with Crippen molar-refractivity contribution in [3.63, 3.8) is 0 Å². The molecular formula is C13H16F2N2O. The lowest BCUT2D eigenvalue weighted by Crippen LogP contribution is -2.31. The van der Waals surface area contributed by atoms with E-state index < -0.39 is 6.61 Å². The van der Waals surface area contributed by atoms with Gasteiger partial charge in [0.1, 0.15) is 5.75 Å². The second-order valence-corrected chi connectivity index (χ2v) is 4.28. The molecule has 0 aromatic heterocycles. The van der Waals surface area contributed by atoms with Gasteiger partial charge in [0.2, 0.25) is 0 Å². The standard InChI is InChI=1S/C13H16F2N2O/c1-10-8-11(4-5-12(10)18-13(14)15)9-17-7-3-6-16(17)2/h3-6,8,13H,7,9H2,1-2H3. The van der Waals surface area contributed by atoms with E-state index in [0.717, 1.165) is 24.2 Å². The topological polar surface area (TPSA) is 15.7 Å². The Hall–Kier alpha value is -1.62. The van der Waals surface area contributed by atoms with Gasteiger partial charge in [-0.2, -0.15) is 8.78 Å². The monoisotopic (exact) mass is 254 g/mol. The smallest absolute Gasteiger partial charge is 0.387 e. The van der Waals surface area contributed by atoms with Gasteiger partial charge in [-0.15, -0.1) is 0 Å². The molecule has 0 amide bonds. The molecule has 1 aliphatic rings. The van der Waals surface area contributed by atoms with Gasteiger partial charge >= 0.3 is 6.61 Å². The fraction of sp³-hybridized carbons (Fsp3) is 0.385. The number of alkyl halides is 2. The van der Waals surface area contributed by atoms with Crippen LogP contribution in [-0.4, -0.2) is 30.2 Å². The van der Waals surface area contributed by atoms with Crippen LogP contribution in [0.3, 0.4) is 0 Å². The fourth-order valence-corrected chi connectivity index (χ4v) is 1.97. The number of aryl methyl sites for hydroxylation is 1. The van der Waals surface area contributed by atoms with E-state index in [2.05, 4.69) is 15.8 Å². The summed E-state index contributed by atoms with van der Waals surface area (Å²) < 4.78 is 28.7. The Morgan fingerprint density at radius 3 is 2.72 bits per heavy atom. The normalized spacial score (nSPS) is 15.7. The summed E-state index contributed by atoms with van der Waals surface area (Å²) in [5.41, 5.74) is 1.80. The summed E-state index contributed by atoms with van der Waals surface area (Å²) in [6.07, 6.45) is 4.07. The van der Waals surface area contributed by atoms with E-state index in [4.69, 9.17) is 0 Å². The number of rotatable bonds is 4. The molecule has 3 nitrogen and oxygen atoms in total. The zero-order chi connectivity index (χ0) is 13.1. The number of hydrogen-bond acceptors (Lipinski definition) is 3. The molecule has 1 aromatic carbocycles. The van der Waals surface area contributed by atoms with Crippen LogP contribution in [0.5, 0.6) is 5.75 Å². The second kappa shape index (κ2) is 5.35. The number of ether oxygens (including phenoxy) is 1. The Bertz CT molecular complexity index is 449. The molecule has 0 radical (unpaired) electrons. The number of benzene rings is 1. The molecule has 0 unspecified atom stereocenters. The zero-order valence-corrected chi connectivity index (χ0v) is 10.4. The summed E-state index contributed by atoms with van der Waals surface area (Å²) in [5, 5.41) is 4.15. The molecule has 0 N–H and O–H groups in total. The fourth-order valence-electron chi connectivity index (χ4n) is 1.97. The van der Waals surface area contributed by atoms with Crippen molar-refractivity contribution in [2.24, 2.45) is 0 Å². The predicted octanol–water partition coefficient (Wildman–Crippen LogP) is 2.77. The zero-order valence-electron chi connectivity index (χ0n) is 10.4. The molecule has 0 bridgehead atoms. The molecule has 2 rings (SSSR count). The number of halogens is 2. The van der Waals surface area contributed by atoms with Gasteiger partial charge in [-0.3, -0.25) is 0 Å². The molecule has 1 aliphatic heterocycles. The van der Waals surface area contributed by atoms with E-state index in [1.54, 1.807) is 13.0 Å². The lowest BCUT2D eigenvalue weighted by atomic mass is 10.1. The summed E-state index contributed by atoms with van der Waals surface area (Å²) >= 11 is 0. The molecule has 1 heterocycles. The van der Waals surface area contributed by atoms with Crippen molar-refractivity contribution >= 4 is 0 Å². The summed E-state index contributed by atoms with van der Waals surface area (Å²) in [6, 6.07) is 5.29. The third kappa shape index (κ3) is 2.98. The van der Waals surface area contributed by atoms with Crippen molar-refractivity contribution in [3.8, 4) is 5.75 Å². The van der Waals surface area contributed by atoms with Crippen LogP contribution in [-0.2, 0) is 6.54 Å². The molecular weight excluding hydrogens is 238 g/mol. The molecule has 0 fully saturated rings. The van der Waals surface area contributed by atoms with E-state index in [1.165, 1.54) is 0 Å². The van der Waals surface area contributed by atoms with Crippen molar-refractivity contribution in [2.45, 2.75) is 20.1 Å². The predicted molar refractivity (Wildman–Crippen MR) is 65.1 cm³/mol. The first-order chi connectivity index (χ1) is 8.56. The Morgan fingerprint density at radius 2 is 2.17 bits per heavy atom. The van der Waals surface area contributed by atoms with Crippen LogP contribution in [0.25, 0.3) is 0 Å². The van der Waals surface area contributed by atoms with E-state index in [1.807, 2.05) is 30.4 Å². The van der Waals surface area contributed by atoms with Gasteiger partial charge in [-0.25, -0.2) is 5.01 Å². The molecule has 5 heteroatoms. The lowest BCUT2D eigenvalue weighted by Gasteiger charge is -2.25. The maximum atomic E-state index is 12.1. The Labute approximate surface area is 105 Å². The molecule has 18 heavy (non-hydrogen) atoms. The molecule has 0 spiro atoms. The highest BCUT2D eigenvalue weighted by molar-refractivity contribution is 5.36. The van der Waals surface area contributed by atoms with Gasteiger partial charge in [0.05, 0.1) is 0 Å². The average Bonchev–Trinajstić information content (AvgIpc) is 2.68. The minimum Gasteiger partial charge on any atom is -0.435 e. The van der Waals surface area contributed by atoms with Crippen LogP contribution in [0, 0.1) is 6.92 Å². The minimum atomic E-state index is -2.77. The van der Waals surface area contributed by atoms with E-state index in [-0.39, 0.29) is 5.75 Å². The summed E-state index contributed by atoms with van der Waals surface area (Å²) in [7, 11) is 1.98. The average molecular weight is 254 g/mol. The van der Waals surface area contributed by atoms with Gasteiger partial charge in [-0.05, 0) is 24.1 Å². The van der Waals surface area contributed by atoms with Crippen molar-refractivity contribution in [1.82, 2.24) is 10.0 Å². The van der Waals surface area contributed by atoms with E-state index in [9.17, 15) is 8.78 Å². The minimum absolute atomic E-state index is 0.238. The molecule has 1 aromatic rings. The molecule has 98 valence electrons. The van der Waals surface area contributed by atoms with Crippen molar-refractivity contribution in [3.05, 3.63) is 41.6 Å². The first-order valence-electron chi connectivity index (χ1n) is 5.75. The number of hydrazine groups is 1. The molecule has 0 saturated heterocycles. The van der Waals surface area contributed by atoms with Crippen LogP contribution < -0.4 is 4.74 Å². The van der Waals surface area contributed by atoms with Crippen molar-refractivity contribution < 1.29 is 13.5 Å². The van der Waals surface area contributed by atoms with Crippen LogP contribution in [0.15, 0.2) is 30.5 Å². The Balaban J connectivity index is 2.04. The quantitative estimate of drug-likeness (QED) is 0.821. The SMILES string of the molecule is Cc1cc(CN2CC=CN2C)ccc1OC(F)F. The van der Waals surface area contributed by atoms with Gasteiger partial charge in [-0.1, -0.05) is 18.2 Å². The van der Waals surface area contributed by atoms with Crippen molar-refractivity contribution in [1.29, 1.82) is 0 Å². The second-order valence-electron chi connectivity index (χ2n) is 4.28. The third-order valence-electron chi connectivity index (χ3n) is 2.90. The number of nitrogens with zero attached hydrogens (tertiary/aromatic N) is 2. The Kier molecular flexibility index (Phi) is 3.81. The van der Waals surface area contributed by atoms with Crippen molar-refractivity contribution in [2.75, 3.05) is 13.6 Å². The van der Waals surface area contributed by atoms with E-state index in [0.29, 0.717) is 0 Å². The maximum absolute atomic E-state index is 12.1. The maximum Gasteiger partial charge on any atom is 0.387 e. The number of hydrogen-bond donors (Lipinski definition) is 0. The first kappa shape index (κ1) is 12.8. The highest BCUT2D eigenvalue weighted by Crippen LogP contribution is 2.22. The highest BCUT2D eigenvalue weighted by Gasteiger charge is 2.13. The van der Waals surface area contributed by atoms with Gasteiger partial charge < -0.3 is 9.75 Å². The largest absolute Gasteiger partial charge is 0.435 e. The van der Waals surface area contributed by atoms with E-state index >= 15 is 0 Å². The first-order valence-corrected chi connectivity index (χ1v) is 5.75.